The first-order valence-electron chi connectivity index (χ1n) is 15.6. The van der Waals surface area contributed by atoms with E-state index in [-0.39, 0.29) is 11.9 Å². The van der Waals surface area contributed by atoms with Crippen LogP contribution in [0.3, 0.4) is 0 Å². The Labute approximate surface area is 281 Å². The minimum atomic E-state index is -0.263. The number of rotatable bonds is 20. The monoisotopic (exact) mass is 692 g/mol. The van der Waals surface area contributed by atoms with Crippen LogP contribution in [0, 0.1) is 11.8 Å². The largest absolute Gasteiger partial charge is 0.462 e. The number of hydrogen-bond donors (Lipinski definition) is 0. The van der Waals surface area contributed by atoms with Gasteiger partial charge < -0.3 is 9.47 Å². The molecule has 3 aliphatic rings. The highest BCUT2D eigenvalue weighted by Gasteiger charge is 2.36. The number of esters is 2. The predicted octanol–water partition coefficient (Wildman–Crippen LogP) is 9.19. The molecular formula is C32H52O4S6. The zero-order valence-electron chi connectivity index (χ0n) is 25.8. The lowest BCUT2D eigenvalue weighted by Gasteiger charge is -2.32. The third-order valence-electron chi connectivity index (χ3n) is 8.01. The van der Waals surface area contributed by atoms with Crippen molar-refractivity contribution in [3.05, 3.63) is 24.3 Å². The molecule has 0 N–H and O–H groups in total. The molecule has 1 saturated carbocycles. The Kier molecular flexibility index (Phi) is 17.5. The molecule has 0 amide bonds. The molecular weight excluding hydrogens is 641 g/mol. The quantitative estimate of drug-likeness (QED) is 0.0701. The molecule has 2 aliphatic heterocycles. The molecule has 42 heavy (non-hydrogen) atoms. The molecule has 0 bridgehead atoms. The van der Waals surface area contributed by atoms with Gasteiger partial charge in [-0.1, -0.05) is 13.2 Å². The van der Waals surface area contributed by atoms with Crippen molar-refractivity contribution in [3.63, 3.8) is 0 Å². The molecule has 2 saturated heterocycles. The van der Waals surface area contributed by atoms with Gasteiger partial charge in [0.2, 0.25) is 0 Å². The van der Waals surface area contributed by atoms with E-state index in [0.717, 1.165) is 37.5 Å². The topological polar surface area (TPSA) is 52.6 Å². The van der Waals surface area contributed by atoms with Gasteiger partial charge in [0.05, 0.1) is 21.4 Å². The second-order valence-corrected chi connectivity index (χ2v) is 20.4. The average Bonchev–Trinajstić information content (AvgIpc) is 3.64. The first-order valence-corrected chi connectivity index (χ1v) is 21.8. The van der Waals surface area contributed by atoms with Crippen LogP contribution in [0.1, 0.15) is 78.1 Å². The van der Waals surface area contributed by atoms with Crippen LogP contribution in [-0.2, 0) is 19.1 Å². The lowest BCUT2D eigenvalue weighted by molar-refractivity contribution is -0.139. The standard InChI is InChI=1S/C32H52O4S6/c1-25(2)29(33)35-15-7-5-13-31(39-17-18-40-31)23-37-21-27-9-11-28(12-10-27)22-38-24-32(41-19-20-42-32)14-6-8-16-36-30(34)26(3)4/h27-28H,1,3,5-24H2,2,4H3. The lowest BCUT2D eigenvalue weighted by atomic mass is 9.84. The molecule has 0 radical (unpaired) electrons. The van der Waals surface area contributed by atoms with E-state index in [2.05, 4.69) is 83.7 Å². The number of hydrogen-bond acceptors (Lipinski definition) is 10. The highest BCUT2D eigenvalue weighted by Crippen LogP contribution is 2.51. The summed E-state index contributed by atoms with van der Waals surface area (Å²) in [5.74, 6) is 11.4. The van der Waals surface area contributed by atoms with E-state index in [9.17, 15) is 9.59 Å². The van der Waals surface area contributed by atoms with Crippen molar-refractivity contribution in [1.29, 1.82) is 0 Å². The van der Waals surface area contributed by atoms with Gasteiger partial charge >= 0.3 is 11.9 Å². The summed E-state index contributed by atoms with van der Waals surface area (Å²) in [5.41, 5.74) is 0.967. The summed E-state index contributed by atoms with van der Waals surface area (Å²) < 4.78 is 11.3. The van der Waals surface area contributed by atoms with E-state index in [4.69, 9.17) is 9.47 Å². The minimum Gasteiger partial charge on any atom is -0.462 e. The highest BCUT2D eigenvalue weighted by atomic mass is 32.2. The van der Waals surface area contributed by atoms with Crippen LogP contribution >= 0.6 is 70.6 Å². The maximum Gasteiger partial charge on any atom is 0.333 e. The van der Waals surface area contributed by atoms with Gasteiger partial charge in [0.25, 0.3) is 0 Å². The molecule has 10 heteroatoms. The van der Waals surface area contributed by atoms with Crippen LogP contribution in [0.2, 0.25) is 0 Å². The van der Waals surface area contributed by atoms with E-state index in [1.54, 1.807) is 13.8 Å². The Morgan fingerprint density at radius 1 is 0.667 bits per heavy atom. The smallest absolute Gasteiger partial charge is 0.333 e. The number of carbonyl (C=O) groups excluding carboxylic acids is 2. The second-order valence-electron chi connectivity index (χ2n) is 11.9. The van der Waals surface area contributed by atoms with Gasteiger partial charge in [0, 0.05) is 45.7 Å². The van der Waals surface area contributed by atoms with Crippen molar-refractivity contribution in [2.45, 2.75) is 86.2 Å². The Balaban J connectivity index is 1.26. The summed E-state index contributed by atoms with van der Waals surface area (Å²) >= 11 is 13.1. The predicted molar refractivity (Wildman–Crippen MR) is 195 cm³/mol. The van der Waals surface area contributed by atoms with Gasteiger partial charge in [-0.05, 0) is 101 Å². The van der Waals surface area contributed by atoms with Gasteiger partial charge in [0.1, 0.15) is 0 Å². The number of ether oxygens (including phenoxy) is 2. The Bertz CT molecular complexity index is 791. The maximum absolute atomic E-state index is 11.6. The van der Waals surface area contributed by atoms with Gasteiger partial charge in [-0.15, -0.1) is 47.0 Å². The third kappa shape index (κ3) is 13.5. The van der Waals surface area contributed by atoms with E-state index in [1.165, 1.54) is 84.5 Å². The first kappa shape index (κ1) is 37.0. The first-order chi connectivity index (χ1) is 20.2. The molecule has 0 atom stereocenters. The average molecular weight is 693 g/mol. The molecule has 2 heterocycles. The fourth-order valence-electron chi connectivity index (χ4n) is 5.49. The normalized spacial score (nSPS) is 23.0. The fraction of sp³-hybridized carbons (Fsp3) is 0.812. The Morgan fingerprint density at radius 2 is 1.02 bits per heavy atom. The summed E-state index contributed by atoms with van der Waals surface area (Å²) in [7, 11) is 0. The van der Waals surface area contributed by atoms with Crippen molar-refractivity contribution < 1.29 is 19.1 Å². The fourth-order valence-corrected chi connectivity index (χ4v) is 15.9. The van der Waals surface area contributed by atoms with E-state index in [0.29, 0.717) is 32.5 Å². The zero-order chi connectivity index (χ0) is 30.3. The summed E-state index contributed by atoms with van der Waals surface area (Å²) in [5, 5.41) is 0. The Hall–Kier alpha value is 0.520. The van der Waals surface area contributed by atoms with Gasteiger partial charge in [-0.2, -0.15) is 23.5 Å². The van der Waals surface area contributed by atoms with Crippen LogP contribution in [0.25, 0.3) is 0 Å². The van der Waals surface area contributed by atoms with Crippen molar-refractivity contribution in [2.24, 2.45) is 11.8 Å². The Morgan fingerprint density at radius 3 is 1.36 bits per heavy atom. The number of carbonyl (C=O) groups is 2. The molecule has 3 fully saturated rings. The van der Waals surface area contributed by atoms with E-state index in [1.807, 2.05) is 0 Å². The summed E-state index contributed by atoms with van der Waals surface area (Å²) in [6, 6.07) is 0. The summed E-state index contributed by atoms with van der Waals surface area (Å²) in [4.78, 5) is 23.2. The number of thioether (sulfide) groups is 6. The molecule has 0 aromatic carbocycles. The highest BCUT2D eigenvalue weighted by molar-refractivity contribution is 8.22. The SMILES string of the molecule is C=C(C)C(=O)OCCCCC1(CSCC2CCC(CSCC3(CCCCOC(=O)C(=C)C)SCCS3)CC2)SCCS1. The molecule has 0 spiro atoms. The van der Waals surface area contributed by atoms with Crippen LogP contribution in [0.5, 0.6) is 0 Å². The van der Waals surface area contributed by atoms with Crippen molar-refractivity contribution in [1.82, 2.24) is 0 Å². The maximum atomic E-state index is 11.6. The summed E-state index contributed by atoms with van der Waals surface area (Å²) in [6.07, 6.45) is 12.2. The molecule has 240 valence electrons. The van der Waals surface area contributed by atoms with Gasteiger partial charge in [-0.25, -0.2) is 9.59 Å². The molecule has 4 nitrogen and oxygen atoms in total. The zero-order valence-corrected chi connectivity index (χ0v) is 30.7. The van der Waals surface area contributed by atoms with Crippen molar-refractivity contribution >= 4 is 82.5 Å². The van der Waals surface area contributed by atoms with Crippen LogP contribution in [0.15, 0.2) is 24.3 Å². The molecule has 0 aromatic heterocycles. The van der Waals surface area contributed by atoms with Gasteiger partial charge in [0.15, 0.2) is 0 Å². The molecule has 0 aromatic rings. The lowest BCUT2D eigenvalue weighted by Crippen LogP contribution is -2.24. The van der Waals surface area contributed by atoms with E-state index < -0.39 is 0 Å². The van der Waals surface area contributed by atoms with Crippen molar-refractivity contribution in [2.75, 3.05) is 59.2 Å². The molecule has 1 aliphatic carbocycles. The van der Waals surface area contributed by atoms with Crippen LogP contribution < -0.4 is 0 Å². The van der Waals surface area contributed by atoms with Crippen LogP contribution in [0.4, 0.5) is 0 Å². The number of unbranched alkanes of at least 4 members (excludes halogenated alkanes) is 2. The minimum absolute atomic E-state index is 0.263. The van der Waals surface area contributed by atoms with E-state index >= 15 is 0 Å². The molecule has 0 unspecified atom stereocenters. The third-order valence-corrected chi connectivity index (χ3v) is 18.6. The molecule has 3 rings (SSSR count). The van der Waals surface area contributed by atoms with Gasteiger partial charge in [-0.3, -0.25) is 0 Å². The second kappa shape index (κ2) is 19.9. The van der Waals surface area contributed by atoms with Crippen LogP contribution in [-0.4, -0.2) is 79.3 Å². The summed E-state index contributed by atoms with van der Waals surface area (Å²) in [6.45, 7) is 11.7. The van der Waals surface area contributed by atoms with Crippen molar-refractivity contribution in [3.8, 4) is 0 Å².